The summed E-state index contributed by atoms with van der Waals surface area (Å²) in [5.74, 6) is -2.48. The molecule has 0 amide bonds. The molecule has 2 atom stereocenters. The molecule has 1 aromatic carbocycles. The molecule has 7 heteroatoms. The van der Waals surface area contributed by atoms with Gasteiger partial charge in [0.25, 0.3) is 0 Å². The van der Waals surface area contributed by atoms with Gasteiger partial charge in [-0.15, -0.1) is 0 Å². The van der Waals surface area contributed by atoms with Crippen molar-refractivity contribution >= 4 is 23.5 Å². The zero-order valence-corrected chi connectivity index (χ0v) is 12.2. The molecule has 0 spiro atoms. The summed E-state index contributed by atoms with van der Waals surface area (Å²) in [6.07, 6.45) is -1.90. The number of aliphatic hydroxyl groups excluding tert-OH is 2. The van der Waals surface area contributed by atoms with Crippen molar-refractivity contribution in [3.8, 4) is 0 Å². The van der Waals surface area contributed by atoms with E-state index in [0.717, 1.165) is 0 Å². The van der Waals surface area contributed by atoms with Crippen LogP contribution >= 0.6 is 11.6 Å². The number of aliphatic carboxylic acids is 1. The van der Waals surface area contributed by atoms with E-state index in [-0.39, 0.29) is 17.2 Å². The van der Waals surface area contributed by atoms with Crippen LogP contribution in [0.25, 0.3) is 0 Å². The highest BCUT2D eigenvalue weighted by atomic mass is 35.5. The molecule has 1 aromatic rings. The lowest BCUT2D eigenvalue weighted by molar-refractivity contribution is -0.163. The molecule has 0 aliphatic rings. The Hall–Kier alpha value is -1.63. The molecule has 0 bridgehead atoms. The summed E-state index contributed by atoms with van der Waals surface area (Å²) in [5, 5.41) is 28.4. The van der Waals surface area contributed by atoms with Crippen LogP contribution in [-0.2, 0) is 19.7 Å². The van der Waals surface area contributed by atoms with E-state index in [4.69, 9.17) is 21.4 Å². The van der Waals surface area contributed by atoms with E-state index in [1.165, 1.54) is 24.3 Å². The molecule has 0 saturated heterocycles. The lowest BCUT2D eigenvalue weighted by Gasteiger charge is -2.29. The minimum absolute atomic E-state index is 0.0103. The zero-order chi connectivity index (χ0) is 16.0. The highest BCUT2D eigenvalue weighted by molar-refractivity contribution is 6.30. The largest absolute Gasteiger partial charge is 0.480 e. The Morgan fingerprint density at radius 3 is 2.57 bits per heavy atom. The van der Waals surface area contributed by atoms with E-state index >= 15 is 0 Å². The molecular formula is C14H17ClO6. The fraction of sp³-hybridized carbons (Fsp3) is 0.429. The first-order chi connectivity index (χ1) is 9.88. The third-order valence-electron chi connectivity index (χ3n) is 3.06. The Kier molecular flexibility index (Phi) is 6.14. The zero-order valence-electron chi connectivity index (χ0n) is 11.5. The molecule has 1 rings (SSSR count). The lowest BCUT2D eigenvalue weighted by Crippen LogP contribution is -2.48. The van der Waals surface area contributed by atoms with Gasteiger partial charge < -0.3 is 20.1 Å². The predicted molar refractivity (Wildman–Crippen MR) is 75.1 cm³/mol. The van der Waals surface area contributed by atoms with Gasteiger partial charge in [-0.2, -0.15) is 0 Å². The summed E-state index contributed by atoms with van der Waals surface area (Å²) in [4.78, 5) is 24.0. The van der Waals surface area contributed by atoms with Crippen molar-refractivity contribution in [3.63, 3.8) is 0 Å². The van der Waals surface area contributed by atoms with E-state index in [1.54, 1.807) is 6.92 Å². The van der Waals surface area contributed by atoms with Crippen molar-refractivity contribution in [1.29, 1.82) is 0 Å². The molecule has 0 saturated carbocycles. The van der Waals surface area contributed by atoms with Crippen molar-refractivity contribution in [2.45, 2.75) is 24.9 Å². The minimum Gasteiger partial charge on any atom is -0.480 e. The number of carbonyl (C=O) groups is 2. The van der Waals surface area contributed by atoms with Crippen LogP contribution in [0.4, 0.5) is 0 Å². The number of halogens is 1. The average Bonchev–Trinajstić information content (AvgIpc) is 2.44. The molecule has 0 radical (unpaired) electrons. The summed E-state index contributed by atoms with van der Waals surface area (Å²) in [6, 6.07) is 5.78. The lowest BCUT2D eigenvalue weighted by atomic mass is 9.76. The molecule has 21 heavy (non-hydrogen) atoms. The average molecular weight is 317 g/mol. The first-order valence-corrected chi connectivity index (χ1v) is 6.71. The molecule has 3 N–H and O–H groups in total. The quantitative estimate of drug-likeness (QED) is 0.511. The summed E-state index contributed by atoms with van der Waals surface area (Å²) in [5.41, 5.74) is -2.03. The van der Waals surface area contributed by atoms with E-state index < -0.39 is 36.5 Å². The highest BCUT2D eigenvalue weighted by Gasteiger charge is 2.50. The number of hydrogen-bond donors (Lipinski definition) is 3. The van der Waals surface area contributed by atoms with Crippen LogP contribution in [0.1, 0.15) is 18.9 Å². The second kappa shape index (κ2) is 7.40. The van der Waals surface area contributed by atoms with E-state index in [9.17, 15) is 19.8 Å². The third kappa shape index (κ3) is 3.72. The van der Waals surface area contributed by atoms with Crippen LogP contribution in [0.5, 0.6) is 0 Å². The molecule has 0 heterocycles. The summed E-state index contributed by atoms with van der Waals surface area (Å²) in [6.45, 7) is 0.865. The first-order valence-electron chi connectivity index (χ1n) is 6.34. The van der Waals surface area contributed by atoms with Gasteiger partial charge in [-0.25, -0.2) is 0 Å². The maximum absolute atomic E-state index is 12.2. The fourth-order valence-corrected chi connectivity index (χ4v) is 2.23. The monoisotopic (exact) mass is 316 g/mol. The van der Waals surface area contributed by atoms with Crippen LogP contribution < -0.4 is 0 Å². The molecule has 0 aliphatic heterocycles. The first kappa shape index (κ1) is 17.4. The topological polar surface area (TPSA) is 104 Å². The standard InChI is InChI=1S/C14H17ClO6/c1-2-21-13(20)14(12(18)19,7-11(17)8-16)9-4-3-5-10(15)6-9/h3-6,11,16-17H,2,7-8H2,1H3,(H,18,19). The molecule has 0 fully saturated rings. The smallest absolute Gasteiger partial charge is 0.328 e. The van der Waals surface area contributed by atoms with Crippen molar-refractivity contribution in [2.24, 2.45) is 0 Å². The molecular weight excluding hydrogens is 300 g/mol. The molecule has 0 aliphatic carbocycles. The Labute approximate surface area is 126 Å². The van der Waals surface area contributed by atoms with Crippen molar-refractivity contribution in [1.82, 2.24) is 0 Å². The van der Waals surface area contributed by atoms with Gasteiger partial charge in [0.15, 0.2) is 5.41 Å². The number of carboxylic acid groups (broad SMARTS) is 1. The van der Waals surface area contributed by atoms with Crippen molar-refractivity contribution in [3.05, 3.63) is 34.9 Å². The Bertz CT molecular complexity index is 518. The van der Waals surface area contributed by atoms with Crippen LogP contribution in [0, 0.1) is 0 Å². The van der Waals surface area contributed by atoms with Crippen LogP contribution in [-0.4, -0.2) is 46.6 Å². The number of carboxylic acids is 1. The van der Waals surface area contributed by atoms with Gasteiger partial charge >= 0.3 is 11.9 Å². The van der Waals surface area contributed by atoms with E-state index in [1.807, 2.05) is 0 Å². The van der Waals surface area contributed by atoms with E-state index in [0.29, 0.717) is 0 Å². The number of hydrogen-bond acceptors (Lipinski definition) is 5. The predicted octanol–water partition coefficient (Wildman–Crippen LogP) is 0.969. The van der Waals surface area contributed by atoms with E-state index in [2.05, 4.69) is 0 Å². The summed E-state index contributed by atoms with van der Waals surface area (Å²) in [7, 11) is 0. The maximum atomic E-state index is 12.2. The number of aliphatic hydroxyl groups is 2. The second-order valence-electron chi connectivity index (χ2n) is 4.48. The number of esters is 1. The third-order valence-corrected chi connectivity index (χ3v) is 3.29. The van der Waals surface area contributed by atoms with Crippen LogP contribution in [0.2, 0.25) is 5.02 Å². The van der Waals surface area contributed by atoms with Gasteiger partial charge in [-0.1, -0.05) is 23.7 Å². The normalized spacial score (nSPS) is 15.0. The van der Waals surface area contributed by atoms with Gasteiger partial charge in [0.1, 0.15) is 0 Å². The summed E-state index contributed by atoms with van der Waals surface area (Å²) >= 11 is 5.85. The number of rotatable bonds is 7. The number of ether oxygens (including phenoxy) is 1. The van der Waals surface area contributed by atoms with Gasteiger partial charge in [-0.3, -0.25) is 9.59 Å². The van der Waals surface area contributed by atoms with Crippen LogP contribution in [0.3, 0.4) is 0 Å². The van der Waals surface area contributed by atoms with Gasteiger partial charge in [0.2, 0.25) is 0 Å². The Balaban J connectivity index is 3.43. The molecule has 6 nitrogen and oxygen atoms in total. The number of benzene rings is 1. The Morgan fingerprint density at radius 1 is 1.43 bits per heavy atom. The highest BCUT2D eigenvalue weighted by Crippen LogP contribution is 2.33. The Morgan fingerprint density at radius 2 is 2.10 bits per heavy atom. The summed E-state index contributed by atoms with van der Waals surface area (Å²) < 4.78 is 4.85. The minimum atomic E-state index is -2.12. The van der Waals surface area contributed by atoms with Gasteiger partial charge in [0.05, 0.1) is 19.3 Å². The molecule has 0 aromatic heterocycles. The second-order valence-corrected chi connectivity index (χ2v) is 4.92. The van der Waals surface area contributed by atoms with Crippen molar-refractivity contribution in [2.75, 3.05) is 13.2 Å². The maximum Gasteiger partial charge on any atom is 0.328 e. The van der Waals surface area contributed by atoms with Gasteiger partial charge in [-0.05, 0) is 24.6 Å². The fourth-order valence-electron chi connectivity index (χ4n) is 2.04. The van der Waals surface area contributed by atoms with Crippen LogP contribution in [0.15, 0.2) is 24.3 Å². The van der Waals surface area contributed by atoms with Gasteiger partial charge in [0, 0.05) is 11.4 Å². The SMILES string of the molecule is CCOC(=O)C(CC(O)CO)(C(=O)O)c1cccc(Cl)c1. The number of carbonyl (C=O) groups excluding carboxylic acids is 1. The van der Waals surface area contributed by atoms with Crippen molar-refractivity contribution < 1.29 is 29.6 Å². The molecule has 116 valence electrons. The molecule has 2 unspecified atom stereocenters.